The van der Waals surface area contributed by atoms with Crippen LogP contribution in [0, 0.1) is 6.92 Å². The fourth-order valence-electron chi connectivity index (χ4n) is 0.904. The maximum absolute atomic E-state index is 5.48. The third-order valence-corrected chi connectivity index (χ3v) is 2.17. The van der Waals surface area contributed by atoms with E-state index in [1.54, 1.807) is 0 Å². The number of aryl methyl sites for hydroxylation is 1. The van der Waals surface area contributed by atoms with Gasteiger partial charge in [-0.25, -0.2) is 0 Å². The molecule has 0 bridgehead atoms. The molecule has 0 amide bonds. The lowest BCUT2D eigenvalue weighted by Crippen LogP contribution is -2.10. The van der Waals surface area contributed by atoms with Crippen LogP contribution in [0.2, 0.25) is 0 Å². The van der Waals surface area contributed by atoms with Crippen molar-refractivity contribution in [3.8, 4) is 0 Å². The van der Waals surface area contributed by atoms with Crippen LogP contribution in [0.3, 0.4) is 0 Å². The van der Waals surface area contributed by atoms with Crippen molar-refractivity contribution in [2.45, 2.75) is 6.92 Å². The smallest absolute Gasteiger partial charge is 0.104 e. The predicted molar refractivity (Wildman–Crippen MR) is 54.8 cm³/mol. The van der Waals surface area contributed by atoms with Crippen molar-refractivity contribution in [1.82, 2.24) is 0 Å². The second-order valence-corrected chi connectivity index (χ2v) is 3.68. The maximum atomic E-state index is 5.48. The first-order valence-electron chi connectivity index (χ1n) is 3.17. The van der Waals surface area contributed by atoms with Gasteiger partial charge >= 0.3 is 0 Å². The molecule has 0 radical (unpaired) electrons. The molecule has 11 heavy (non-hydrogen) atoms. The van der Waals surface area contributed by atoms with Gasteiger partial charge in [0.1, 0.15) is 4.99 Å². The SMILES string of the molecule is Cc1cc(Br)ccc1C(N)=S. The van der Waals surface area contributed by atoms with Gasteiger partial charge in [-0.3, -0.25) is 0 Å². The molecule has 1 aromatic rings. The van der Waals surface area contributed by atoms with Gasteiger partial charge in [-0.2, -0.15) is 0 Å². The Hall–Kier alpha value is -0.410. The Kier molecular flexibility index (Phi) is 2.62. The zero-order valence-electron chi connectivity index (χ0n) is 6.10. The molecule has 0 aromatic heterocycles. The van der Waals surface area contributed by atoms with E-state index in [0.717, 1.165) is 15.6 Å². The van der Waals surface area contributed by atoms with Crippen LogP contribution in [0.5, 0.6) is 0 Å². The minimum absolute atomic E-state index is 0.454. The monoisotopic (exact) mass is 229 g/mol. The zero-order valence-corrected chi connectivity index (χ0v) is 8.50. The third-order valence-electron chi connectivity index (χ3n) is 1.45. The van der Waals surface area contributed by atoms with Crippen LogP contribution < -0.4 is 5.73 Å². The number of hydrogen-bond acceptors (Lipinski definition) is 1. The van der Waals surface area contributed by atoms with Gasteiger partial charge in [-0.05, 0) is 24.6 Å². The van der Waals surface area contributed by atoms with Crippen LogP contribution in [-0.4, -0.2) is 4.99 Å². The molecule has 0 fully saturated rings. The number of thiocarbonyl (C=S) groups is 1. The summed E-state index contributed by atoms with van der Waals surface area (Å²) in [6.45, 7) is 1.99. The number of benzene rings is 1. The van der Waals surface area contributed by atoms with Crippen LogP contribution in [0.25, 0.3) is 0 Å². The quantitative estimate of drug-likeness (QED) is 0.749. The molecule has 58 valence electrons. The van der Waals surface area contributed by atoms with E-state index in [-0.39, 0.29) is 0 Å². The Bertz CT molecular complexity index is 296. The van der Waals surface area contributed by atoms with E-state index in [9.17, 15) is 0 Å². The van der Waals surface area contributed by atoms with Crippen molar-refractivity contribution in [3.05, 3.63) is 33.8 Å². The summed E-state index contributed by atoms with van der Waals surface area (Å²) in [6, 6.07) is 5.84. The lowest BCUT2D eigenvalue weighted by molar-refractivity contribution is 1.42. The summed E-state index contributed by atoms with van der Waals surface area (Å²) in [5.41, 5.74) is 7.53. The molecule has 0 aliphatic heterocycles. The minimum Gasteiger partial charge on any atom is -0.389 e. The topological polar surface area (TPSA) is 26.0 Å². The van der Waals surface area contributed by atoms with Gasteiger partial charge in [0.2, 0.25) is 0 Å². The summed E-state index contributed by atoms with van der Waals surface area (Å²) in [5, 5.41) is 0. The first-order valence-corrected chi connectivity index (χ1v) is 4.37. The van der Waals surface area contributed by atoms with Gasteiger partial charge < -0.3 is 5.73 Å². The van der Waals surface area contributed by atoms with E-state index in [1.165, 1.54) is 0 Å². The van der Waals surface area contributed by atoms with Crippen molar-refractivity contribution >= 4 is 33.1 Å². The van der Waals surface area contributed by atoms with E-state index >= 15 is 0 Å². The standard InChI is InChI=1S/C8H8BrNS/c1-5-4-6(9)2-3-7(5)8(10)11/h2-4H,1H3,(H2,10,11). The van der Waals surface area contributed by atoms with Gasteiger partial charge in [0.25, 0.3) is 0 Å². The van der Waals surface area contributed by atoms with Crippen molar-refractivity contribution in [2.75, 3.05) is 0 Å². The van der Waals surface area contributed by atoms with Gasteiger partial charge in [0, 0.05) is 10.0 Å². The summed E-state index contributed by atoms with van der Waals surface area (Å²) in [7, 11) is 0. The lowest BCUT2D eigenvalue weighted by Gasteiger charge is -2.02. The summed E-state index contributed by atoms with van der Waals surface area (Å²) in [6.07, 6.45) is 0. The second-order valence-electron chi connectivity index (χ2n) is 2.32. The Labute approximate surface area is 79.7 Å². The molecule has 1 rings (SSSR count). The first-order chi connectivity index (χ1) is 5.11. The molecule has 0 spiro atoms. The average Bonchev–Trinajstić information content (AvgIpc) is 1.85. The van der Waals surface area contributed by atoms with Crippen LogP contribution in [0.15, 0.2) is 22.7 Å². The van der Waals surface area contributed by atoms with Crippen LogP contribution in [0.1, 0.15) is 11.1 Å². The summed E-state index contributed by atoms with van der Waals surface area (Å²) in [4.78, 5) is 0.454. The largest absolute Gasteiger partial charge is 0.389 e. The Morgan fingerprint density at radius 1 is 1.55 bits per heavy atom. The third kappa shape index (κ3) is 2.01. The predicted octanol–water partition coefficient (Wildman–Crippen LogP) is 2.39. The highest BCUT2D eigenvalue weighted by Crippen LogP contribution is 2.15. The molecule has 1 nitrogen and oxygen atoms in total. The molecule has 0 unspecified atom stereocenters. The molecule has 0 atom stereocenters. The first kappa shape index (κ1) is 8.68. The van der Waals surface area contributed by atoms with E-state index in [2.05, 4.69) is 15.9 Å². The van der Waals surface area contributed by atoms with Gasteiger partial charge in [0.15, 0.2) is 0 Å². The molecule has 3 heteroatoms. The van der Waals surface area contributed by atoms with Gasteiger partial charge in [-0.15, -0.1) is 0 Å². The number of hydrogen-bond donors (Lipinski definition) is 1. The second kappa shape index (κ2) is 3.32. The van der Waals surface area contributed by atoms with Gasteiger partial charge in [-0.1, -0.05) is 34.2 Å². The molecule has 1 aromatic carbocycles. The van der Waals surface area contributed by atoms with Crippen molar-refractivity contribution < 1.29 is 0 Å². The summed E-state index contributed by atoms with van der Waals surface area (Å²) >= 11 is 8.22. The van der Waals surface area contributed by atoms with Gasteiger partial charge in [0.05, 0.1) is 0 Å². The maximum Gasteiger partial charge on any atom is 0.104 e. The Morgan fingerprint density at radius 2 is 2.18 bits per heavy atom. The van der Waals surface area contributed by atoms with Crippen LogP contribution >= 0.6 is 28.1 Å². The molecule has 0 saturated heterocycles. The highest BCUT2D eigenvalue weighted by atomic mass is 79.9. The zero-order chi connectivity index (χ0) is 8.43. The Balaban J connectivity index is 3.20. The molecule has 2 N–H and O–H groups in total. The highest BCUT2D eigenvalue weighted by Gasteiger charge is 1.99. The lowest BCUT2D eigenvalue weighted by atomic mass is 10.1. The molecular formula is C8H8BrNS. The highest BCUT2D eigenvalue weighted by molar-refractivity contribution is 9.10. The van der Waals surface area contributed by atoms with E-state index in [4.69, 9.17) is 18.0 Å². The molecule has 0 heterocycles. The van der Waals surface area contributed by atoms with E-state index in [0.29, 0.717) is 4.99 Å². The number of halogens is 1. The minimum atomic E-state index is 0.454. The summed E-state index contributed by atoms with van der Waals surface area (Å²) < 4.78 is 1.05. The molecule has 0 aliphatic rings. The van der Waals surface area contributed by atoms with Crippen molar-refractivity contribution in [1.29, 1.82) is 0 Å². The fourth-order valence-corrected chi connectivity index (χ4v) is 1.61. The van der Waals surface area contributed by atoms with Crippen LogP contribution in [0.4, 0.5) is 0 Å². The van der Waals surface area contributed by atoms with E-state index < -0.39 is 0 Å². The molecule has 0 saturated carbocycles. The fraction of sp³-hybridized carbons (Fsp3) is 0.125. The average molecular weight is 230 g/mol. The molecular weight excluding hydrogens is 222 g/mol. The van der Waals surface area contributed by atoms with Crippen molar-refractivity contribution in [3.63, 3.8) is 0 Å². The van der Waals surface area contributed by atoms with Crippen molar-refractivity contribution in [2.24, 2.45) is 5.73 Å². The Morgan fingerprint density at radius 3 is 2.64 bits per heavy atom. The number of nitrogens with two attached hydrogens (primary N) is 1. The van der Waals surface area contributed by atoms with E-state index in [1.807, 2.05) is 25.1 Å². The summed E-state index contributed by atoms with van der Waals surface area (Å²) in [5.74, 6) is 0. The number of rotatable bonds is 1. The molecule has 0 aliphatic carbocycles. The normalized spacial score (nSPS) is 9.64. The van der Waals surface area contributed by atoms with Crippen LogP contribution in [-0.2, 0) is 0 Å².